The molecule has 0 atom stereocenters. The Balaban J connectivity index is 1.54. The third kappa shape index (κ3) is 5.25. The Labute approximate surface area is 164 Å². The minimum atomic E-state index is 0.0582. The van der Waals surface area contributed by atoms with Gasteiger partial charge in [-0.1, -0.05) is 23.7 Å². The number of nitrogens with one attached hydrogen (secondary N) is 1. The molecule has 27 heavy (non-hydrogen) atoms. The molecular weight excluding hydrogens is 364 g/mol. The molecule has 6 nitrogen and oxygen atoms in total. The van der Waals surface area contributed by atoms with Crippen molar-refractivity contribution < 1.29 is 14.1 Å². The molecule has 0 aliphatic carbocycles. The van der Waals surface area contributed by atoms with Crippen molar-refractivity contribution in [3.8, 4) is 6.07 Å². The molecule has 0 saturated carbocycles. The van der Waals surface area contributed by atoms with Gasteiger partial charge in [-0.05, 0) is 24.3 Å². The van der Waals surface area contributed by atoms with Gasteiger partial charge >= 0.3 is 0 Å². The number of quaternary nitrogens is 1. The molecule has 1 fully saturated rings. The Bertz CT molecular complexity index is 780. The molecule has 1 aromatic heterocycles. The van der Waals surface area contributed by atoms with Gasteiger partial charge in [0, 0.05) is 6.54 Å². The van der Waals surface area contributed by atoms with E-state index in [1.54, 1.807) is 11.2 Å². The number of benzene rings is 1. The van der Waals surface area contributed by atoms with Crippen LogP contribution in [-0.4, -0.2) is 50.1 Å². The van der Waals surface area contributed by atoms with Gasteiger partial charge in [0.05, 0.1) is 62.2 Å². The van der Waals surface area contributed by atoms with Crippen molar-refractivity contribution in [1.29, 1.82) is 5.26 Å². The van der Waals surface area contributed by atoms with Crippen LogP contribution in [-0.2, 0) is 11.3 Å². The zero-order valence-corrected chi connectivity index (χ0v) is 16.0. The second-order valence-electron chi connectivity index (χ2n) is 6.67. The monoisotopic (exact) mass is 387 g/mol. The van der Waals surface area contributed by atoms with Crippen LogP contribution in [0, 0.1) is 11.3 Å². The molecule has 0 bridgehead atoms. The van der Waals surface area contributed by atoms with Crippen LogP contribution in [0.15, 0.2) is 47.1 Å². The molecule has 142 valence electrons. The number of nitriles is 1. The Kier molecular flexibility index (Phi) is 6.74. The standard InChI is InChI=1S/C20H23ClN4O2/c21-18-6-1-2-7-19(18)24-12-10-23(11-13-24)16-20(26)25(9-4-8-22)15-17-5-3-14-27-17/h1-3,5-7,14H,4,9-13,15-16H2/p+1. The van der Waals surface area contributed by atoms with Gasteiger partial charge < -0.3 is 19.1 Å². The first-order chi connectivity index (χ1) is 13.2. The highest BCUT2D eigenvalue weighted by Crippen LogP contribution is 2.24. The molecule has 1 aliphatic heterocycles. The highest BCUT2D eigenvalue weighted by atomic mass is 35.5. The van der Waals surface area contributed by atoms with Crippen molar-refractivity contribution in [2.45, 2.75) is 13.0 Å². The Hall–Kier alpha value is -2.49. The number of carbonyl (C=O) groups is 1. The summed E-state index contributed by atoms with van der Waals surface area (Å²) in [5.74, 6) is 0.794. The van der Waals surface area contributed by atoms with E-state index in [2.05, 4.69) is 11.0 Å². The van der Waals surface area contributed by atoms with E-state index in [4.69, 9.17) is 21.3 Å². The number of piperazine rings is 1. The highest BCUT2D eigenvalue weighted by Gasteiger charge is 2.26. The molecular formula is C20H24ClN4O2+. The number of anilines is 1. The lowest BCUT2D eigenvalue weighted by atomic mass is 10.2. The maximum atomic E-state index is 12.8. The fourth-order valence-corrected chi connectivity index (χ4v) is 3.60. The second kappa shape index (κ2) is 9.45. The van der Waals surface area contributed by atoms with Gasteiger partial charge in [0.2, 0.25) is 0 Å². The van der Waals surface area contributed by atoms with Crippen molar-refractivity contribution in [3.05, 3.63) is 53.4 Å². The van der Waals surface area contributed by atoms with Crippen LogP contribution in [0.4, 0.5) is 5.69 Å². The lowest BCUT2D eigenvalue weighted by molar-refractivity contribution is -0.892. The molecule has 0 radical (unpaired) electrons. The van der Waals surface area contributed by atoms with E-state index >= 15 is 0 Å². The summed E-state index contributed by atoms with van der Waals surface area (Å²) in [6.07, 6.45) is 1.92. The van der Waals surface area contributed by atoms with Gasteiger partial charge in [-0.3, -0.25) is 4.79 Å². The summed E-state index contributed by atoms with van der Waals surface area (Å²) in [6, 6.07) is 13.6. The van der Waals surface area contributed by atoms with Gasteiger partial charge in [-0.15, -0.1) is 0 Å². The average Bonchev–Trinajstić information content (AvgIpc) is 3.19. The molecule has 1 amide bonds. The largest absolute Gasteiger partial charge is 0.467 e. The van der Waals surface area contributed by atoms with Gasteiger partial charge in [0.25, 0.3) is 5.91 Å². The van der Waals surface area contributed by atoms with Crippen LogP contribution >= 0.6 is 11.6 Å². The Morgan fingerprint density at radius 2 is 2.04 bits per heavy atom. The molecule has 7 heteroatoms. The predicted octanol–water partition coefficient (Wildman–Crippen LogP) is 1.58. The summed E-state index contributed by atoms with van der Waals surface area (Å²) in [5.41, 5.74) is 1.05. The van der Waals surface area contributed by atoms with E-state index in [9.17, 15) is 4.79 Å². The van der Waals surface area contributed by atoms with E-state index in [0.717, 1.165) is 42.6 Å². The fourth-order valence-electron chi connectivity index (χ4n) is 3.34. The lowest BCUT2D eigenvalue weighted by Crippen LogP contribution is -3.15. The summed E-state index contributed by atoms with van der Waals surface area (Å²) in [5, 5.41) is 9.63. The molecule has 2 heterocycles. The van der Waals surface area contributed by atoms with E-state index in [-0.39, 0.29) is 5.91 Å². The fraction of sp³-hybridized carbons (Fsp3) is 0.400. The first-order valence-electron chi connectivity index (χ1n) is 9.17. The third-order valence-electron chi connectivity index (χ3n) is 4.84. The molecule has 0 unspecified atom stereocenters. The summed E-state index contributed by atoms with van der Waals surface area (Å²) >= 11 is 6.29. The minimum absolute atomic E-state index is 0.0582. The predicted molar refractivity (Wildman–Crippen MR) is 104 cm³/mol. The molecule has 3 rings (SSSR count). The van der Waals surface area contributed by atoms with Gasteiger partial charge in [0.15, 0.2) is 6.54 Å². The number of rotatable bonds is 7. The molecule has 0 spiro atoms. The van der Waals surface area contributed by atoms with Crippen LogP contribution in [0.5, 0.6) is 0 Å². The number of carbonyl (C=O) groups excluding carboxylic acids is 1. The van der Waals surface area contributed by atoms with Gasteiger partial charge in [-0.2, -0.15) is 5.26 Å². The SMILES string of the molecule is N#CCCN(Cc1ccco1)C(=O)C[NH+]1CCN(c2ccccc2Cl)CC1. The average molecular weight is 388 g/mol. The first kappa shape index (κ1) is 19.3. The van der Waals surface area contributed by atoms with E-state index < -0.39 is 0 Å². The van der Waals surface area contributed by atoms with E-state index in [1.165, 1.54) is 4.90 Å². The highest BCUT2D eigenvalue weighted by molar-refractivity contribution is 6.33. The number of hydrogen-bond donors (Lipinski definition) is 1. The number of hydrogen-bond acceptors (Lipinski definition) is 4. The Morgan fingerprint density at radius 3 is 2.70 bits per heavy atom. The van der Waals surface area contributed by atoms with Gasteiger partial charge in [-0.25, -0.2) is 0 Å². The van der Waals surface area contributed by atoms with E-state index in [0.29, 0.717) is 26.1 Å². The zero-order valence-electron chi connectivity index (χ0n) is 15.2. The normalized spacial score (nSPS) is 14.7. The molecule has 1 saturated heterocycles. The molecule has 2 aromatic rings. The maximum absolute atomic E-state index is 12.8. The number of furan rings is 1. The van der Waals surface area contributed by atoms with E-state index in [1.807, 2.05) is 36.4 Å². The molecule has 1 aliphatic rings. The quantitative estimate of drug-likeness (QED) is 0.783. The third-order valence-corrected chi connectivity index (χ3v) is 5.16. The minimum Gasteiger partial charge on any atom is -0.467 e. The smallest absolute Gasteiger partial charge is 0.278 e. The second-order valence-corrected chi connectivity index (χ2v) is 7.08. The Morgan fingerprint density at radius 1 is 1.26 bits per heavy atom. The molecule has 1 aromatic carbocycles. The number of para-hydroxylation sites is 1. The van der Waals surface area contributed by atoms with Crippen molar-refractivity contribution in [3.63, 3.8) is 0 Å². The summed E-state index contributed by atoms with van der Waals surface area (Å²) < 4.78 is 5.36. The number of halogens is 1. The van der Waals surface area contributed by atoms with Crippen molar-refractivity contribution in [2.75, 3.05) is 44.2 Å². The van der Waals surface area contributed by atoms with Crippen molar-refractivity contribution >= 4 is 23.2 Å². The van der Waals surface area contributed by atoms with Crippen molar-refractivity contribution in [1.82, 2.24) is 4.90 Å². The lowest BCUT2D eigenvalue weighted by Gasteiger charge is -2.34. The van der Waals surface area contributed by atoms with Gasteiger partial charge in [0.1, 0.15) is 5.76 Å². The van der Waals surface area contributed by atoms with Crippen LogP contribution < -0.4 is 9.80 Å². The maximum Gasteiger partial charge on any atom is 0.278 e. The van der Waals surface area contributed by atoms with Crippen LogP contribution in [0.25, 0.3) is 0 Å². The van der Waals surface area contributed by atoms with Crippen LogP contribution in [0.2, 0.25) is 5.02 Å². The number of amides is 1. The molecule has 1 N–H and O–H groups in total. The summed E-state index contributed by atoms with van der Waals surface area (Å²) in [6.45, 7) is 4.75. The topological polar surface area (TPSA) is 64.9 Å². The summed E-state index contributed by atoms with van der Waals surface area (Å²) in [4.78, 5) is 18.0. The first-order valence-corrected chi connectivity index (χ1v) is 9.55. The van der Waals surface area contributed by atoms with Crippen LogP contribution in [0.1, 0.15) is 12.2 Å². The van der Waals surface area contributed by atoms with Crippen molar-refractivity contribution in [2.24, 2.45) is 0 Å². The zero-order chi connectivity index (χ0) is 19.1. The number of nitrogens with zero attached hydrogens (tertiary/aromatic N) is 3. The van der Waals surface area contributed by atoms with Crippen LogP contribution in [0.3, 0.4) is 0 Å². The summed E-state index contributed by atoms with van der Waals surface area (Å²) in [7, 11) is 0.